The van der Waals surface area contributed by atoms with Crippen LogP contribution >= 0.6 is 11.8 Å². The van der Waals surface area contributed by atoms with Crippen LogP contribution in [-0.4, -0.2) is 16.1 Å². The van der Waals surface area contributed by atoms with Crippen LogP contribution in [0.25, 0.3) is 0 Å². The Kier molecular flexibility index (Phi) is 4.68. The molecule has 1 aromatic heterocycles. The highest BCUT2D eigenvalue weighted by Crippen LogP contribution is 2.29. The maximum atomic E-state index is 11.4. The highest BCUT2D eigenvalue weighted by molar-refractivity contribution is 7.98. The van der Waals surface area contributed by atoms with Crippen molar-refractivity contribution in [2.45, 2.75) is 38.3 Å². The van der Waals surface area contributed by atoms with Gasteiger partial charge in [-0.3, -0.25) is 4.98 Å². The maximum Gasteiger partial charge on any atom is 0.338 e. The number of thioether (sulfide) groups is 1. The summed E-state index contributed by atoms with van der Waals surface area (Å²) < 4.78 is 0. The van der Waals surface area contributed by atoms with E-state index in [0.29, 0.717) is 11.3 Å². The lowest BCUT2D eigenvalue weighted by molar-refractivity contribution is 0.0691. The van der Waals surface area contributed by atoms with Crippen LogP contribution in [0.4, 0.5) is 0 Å². The second-order valence-corrected chi connectivity index (χ2v) is 6.33. The molecule has 0 radical (unpaired) electrons. The lowest BCUT2D eigenvalue weighted by atomic mass is 10.1. The van der Waals surface area contributed by atoms with E-state index in [1.54, 1.807) is 18.7 Å². The number of carboxylic acids is 1. The Hall–Kier alpha value is -1.81. The number of carboxylic acid groups (broad SMARTS) is 1. The van der Waals surface area contributed by atoms with Crippen LogP contribution in [0.5, 0.6) is 0 Å². The minimum absolute atomic E-state index is 0.315. The van der Waals surface area contributed by atoms with Gasteiger partial charge >= 0.3 is 5.97 Å². The Morgan fingerprint density at radius 2 is 1.71 bits per heavy atom. The predicted molar refractivity (Wildman–Crippen MR) is 86.1 cm³/mol. The summed E-state index contributed by atoms with van der Waals surface area (Å²) in [7, 11) is 0. The van der Waals surface area contributed by atoms with Crippen LogP contribution in [0.15, 0.2) is 29.2 Å². The lowest BCUT2D eigenvalue weighted by Gasteiger charge is -2.10. The highest BCUT2D eigenvalue weighted by Gasteiger charge is 2.15. The zero-order chi connectivity index (χ0) is 15.6. The molecule has 0 unspecified atom stereocenters. The summed E-state index contributed by atoms with van der Waals surface area (Å²) in [5.41, 5.74) is 5.40. The molecule has 0 amide bonds. The second kappa shape index (κ2) is 6.31. The minimum atomic E-state index is -0.914. The number of pyridine rings is 1. The van der Waals surface area contributed by atoms with Gasteiger partial charge in [0.25, 0.3) is 0 Å². The molecule has 110 valence electrons. The maximum absolute atomic E-state index is 11.4. The van der Waals surface area contributed by atoms with Crippen molar-refractivity contribution in [2.24, 2.45) is 0 Å². The molecular weight excluding hydrogens is 282 g/mol. The SMILES string of the molecule is Cc1cc(C)cc(CSc2cc(C)nc(C)c2C(=O)O)c1. The van der Waals surface area contributed by atoms with Crippen molar-refractivity contribution in [3.8, 4) is 0 Å². The van der Waals surface area contributed by atoms with E-state index in [4.69, 9.17) is 0 Å². The number of aryl methyl sites for hydroxylation is 4. The Morgan fingerprint density at radius 1 is 1.10 bits per heavy atom. The van der Waals surface area contributed by atoms with E-state index in [-0.39, 0.29) is 0 Å². The van der Waals surface area contributed by atoms with Gasteiger partial charge < -0.3 is 5.11 Å². The summed E-state index contributed by atoms with van der Waals surface area (Å²) in [5, 5.41) is 9.37. The van der Waals surface area contributed by atoms with Crippen LogP contribution in [0.3, 0.4) is 0 Å². The first-order chi connectivity index (χ1) is 9.86. The molecule has 3 nitrogen and oxygen atoms in total. The molecule has 2 rings (SSSR count). The minimum Gasteiger partial charge on any atom is -0.478 e. The summed E-state index contributed by atoms with van der Waals surface area (Å²) in [4.78, 5) is 16.4. The van der Waals surface area contributed by atoms with E-state index in [1.165, 1.54) is 16.7 Å². The number of hydrogen-bond donors (Lipinski definition) is 1. The molecule has 1 heterocycles. The molecule has 1 N–H and O–H groups in total. The molecule has 0 saturated carbocycles. The van der Waals surface area contributed by atoms with E-state index in [0.717, 1.165) is 16.3 Å². The van der Waals surface area contributed by atoms with Gasteiger partial charge in [-0.15, -0.1) is 11.8 Å². The smallest absolute Gasteiger partial charge is 0.338 e. The molecule has 0 spiro atoms. The molecule has 0 aliphatic rings. The molecule has 0 atom stereocenters. The predicted octanol–water partition coefficient (Wildman–Crippen LogP) is 4.31. The normalized spacial score (nSPS) is 10.7. The molecular formula is C17H19NO2S. The standard InChI is InChI=1S/C17H19NO2S/c1-10-5-11(2)7-14(6-10)9-21-15-8-12(3)18-13(4)16(15)17(19)20/h5-8H,9H2,1-4H3,(H,19,20). The Morgan fingerprint density at radius 3 is 2.29 bits per heavy atom. The van der Waals surface area contributed by atoms with E-state index >= 15 is 0 Å². The van der Waals surface area contributed by atoms with Gasteiger partial charge in [0.15, 0.2) is 0 Å². The topological polar surface area (TPSA) is 50.2 Å². The van der Waals surface area contributed by atoms with Crippen molar-refractivity contribution in [1.29, 1.82) is 0 Å². The quantitative estimate of drug-likeness (QED) is 0.855. The summed E-state index contributed by atoms with van der Waals surface area (Å²) in [6.45, 7) is 7.78. The number of aromatic nitrogens is 1. The van der Waals surface area contributed by atoms with Gasteiger partial charge in [0, 0.05) is 16.3 Å². The van der Waals surface area contributed by atoms with Crippen LogP contribution in [0.2, 0.25) is 0 Å². The Bertz CT molecular complexity index is 675. The fourth-order valence-electron chi connectivity index (χ4n) is 2.48. The average molecular weight is 301 g/mol. The zero-order valence-electron chi connectivity index (χ0n) is 12.7. The van der Waals surface area contributed by atoms with E-state index in [9.17, 15) is 9.90 Å². The van der Waals surface area contributed by atoms with E-state index in [2.05, 4.69) is 37.0 Å². The first-order valence-electron chi connectivity index (χ1n) is 6.78. The van der Waals surface area contributed by atoms with Gasteiger partial charge in [-0.1, -0.05) is 29.3 Å². The molecule has 0 aliphatic carbocycles. The summed E-state index contributed by atoms with van der Waals surface area (Å²) >= 11 is 1.55. The molecule has 21 heavy (non-hydrogen) atoms. The number of nitrogens with zero attached hydrogens (tertiary/aromatic N) is 1. The van der Waals surface area contributed by atoms with Gasteiger partial charge in [0.1, 0.15) is 0 Å². The number of hydrogen-bond acceptors (Lipinski definition) is 3. The first-order valence-corrected chi connectivity index (χ1v) is 7.77. The van der Waals surface area contributed by atoms with Gasteiger partial charge in [-0.05, 0) is 39.3 Å². The molecule has 0 aliphatic heterocycles. The third-order valence-electron chi connectivity index (χ3n) is 3.18. The third-order valence-corrected chi connectivity index (χ3v) is 4.29. The summed E-state index contributed by atoms with van der Waals surface area (Å²) in [6.07, 6.45) is 0. The van der Waals surface area contributed by atoms with Crippen molar-refractivity contribution in [1.82, 2.24) is 4.98 Å². The van der Waals surface area contributed by atoms with Crippen molar-refractivity contribution < 1.29 is 9.90 Å². The summed E-state index contributed by atoms with van der Waals surface area (Å²) in [6, 6.07) is 8.27. The number of aromatic carboxylic acids is 1. The molecule has 4 heteroatoms. The van der Waals surface area contributed by atoms with Crippen molar-refractivity contribution in [2.75, 3.05) is 0 Å². The third kappa shape index (κ3) is 3.85. The van der Waals surface area contributed by atoms with E-state index < -0.39 is 5.97 Å². The van der Waals surface area contributed by atoms with Crippen molar-refractivity contribution >= 4 is 17.7 Å². The van der Waals surface area contributed by atoms with Crippen LogP contribution in [-0.2, 0) is 5.75 Å². The fraction of sp³-hybridized carbons (Fsp3) is 0.294. The molecule has 1 aromatic carbocycles. The van der Waals surface area contributed by atoms with E-state index in [1.807, 2.05) is 13.0 Å². The Labute approximate surface area is 129 Å². The second-order valence-electron chi connectivity index (χ2n) is 5.31. The van der Waals surface area contributed by atoms with Gasteiger partial charge in [0.2, 0.25) is 0 Å². The van der Waals surface area contributed by atoms with Gasteiger partial charge in [0.05, 0.1) is 11.3 Å². The molecule has 2 aromatic rings. The average Bonchev–Trinajstić information content (AvgIpc) is 2.33. The first kappa shape index (κ1) is 15.6. The van der Waals surface area contributed by atoms with Crippen LogP contribution in [0.1, 0.15) is 38.4 Å². The fourth-order valence-corrected chi connectivity index (χ4v) is 3.60. The van der Waals surface area contributed by atoms with Crippen molar-refractivity contribution in [3.05, 3.63) is 57.9 Å². The monoisotopic (exact) mass is 301 g/mol. The number of carbonyl (C=O) groups is 1. The molecule has 0 saturated heterocycles. The van der Waals surface area contributed by atoms with Crippen molar-refractivity contribution in [3.63, 3.8) is 0 Å². The largest absolute Gasteiger partial charge is 0.478 e. The summed E-state index contributed by atoms with van der Waals surface area (Å²) in [5.74, 6) is -0.158. The number of benzene rings is 1. The van der Waals surface area contributed by atoms with Crippen LogP contribution in [0, 0.1) is 27.7 Å². The zero-order valence-corrected chi connectivity index (χ0v) is 13.5. The Balaban J connectivity index is 2.29. The highest BCUT2D eigenvalue weighted by atomic mass is 32.2. The number of rotatable bonds is 4. The van der Waals surface area contributed by atoms with Gasteiger partial charge in [-0.2, -0.15) is 0 Å². The lowest BCUT2D eigenvalue weighted by Crippen LogP contribution is -2.05. The molecule has 0 bridgehead atoms. The van der Waals surface area contributed by atoms with Crippen LogP contribution < -0.4 is 0 Å². The van der Waals surface area contributed by atoms with Gasteiger partial charge in [-0.25, -0.2) is 4.79 Å². The molecule has 0 fully saturated rings.